The molecule has 0 aliphatic carbocycles. The van der Waals surface area contributed by atoms with E-state index in [9.17, 15) is 0 Å². The molecule has 0 saturated carbocycles. The van der Waals surface area contributed by atoms with E-state index in [0.29, 0.717) is 0 Å². The lowest BCUT2D eigenvalue weighted by Crippen LogP contribution is -2.02. The van der Waals surface area contributed by atoms with Gasteiger partial charge in [0.25, 0.3) is 0 Å². The molecule has 1 aliphatic heterocycles. The fraction of sp³-hybridized carbons (Fsp3) is 0. The minimum atomic E-state index is 0.935. The van der Waals surface area contributed by atoms with E-state index < -0.39 is 0 Å². The van der Waals surface area contributed by atoms with Crippen molar-refractivity contribution in [3.05, 3.63) is 12.5 Å². The van der Waals surface area contributed by atoms with Gasteiger partial charge in [0.1, 0.15) is 17.0 Å². The molecule has 2 heterocycles. The van der Waals surface area contributed by atoms with Crippen molar-refractivity contribution in [2.45, 2.75) is 5.03 Å². The standard InChI is InChI=1S/C4H3BrN4S/c5-9-8-3-1-6-2-7-4(3)10-9/h1-2,8H. The largest absolute Gasteiger partial charge is 0.295 e. The van der Waals surface area contributed by atoms with E-state index in [1.807, 2.05) is 0 Å². The average Bonchev–Trinajstić information content (AvgIpc) is 2.27. The highest BCUT2D eigenvalue weighted by atomic mass is 79.9. The van der Waals surface area contributed by atoms with Crippen molar-refractivity contribution in [1.29, 1.82) is 0 Å². The first-order chi connectivity index (χ1) is 4.86. The Morgan fingerprint density at radius 1 is 1.70 bits per heavy atom. The Hall–Kier alpha value is -0.330. The van der Waals surface area contributed by atoms with Gasteiger partial charge in [0.05, 0.1) is 6.20 Å². The molecular formula is C4H3BrN4S. The first-order valence-electron chi connectivity index (χ1n) is 2.57. The van der Waals surface area contributed by atoms with Gasteiger partial charge in [0.15, 0.2) is 0 Å². The highest BCUT2D eigenvalue weighted by molar-refractivity contribution is 9.09. The summed E-state index contributed by atoms with van der Waals surface area (Å²) in [4.78, 5) is 7.88. The van der Waals surface area contributed by atoms with Gasteiger partial charge in [-0.05, 0) is 0 Å². The molecule has 2 rings (SSSR count). The Morgan fingerprint density at radius 3 is 3.40 bits per heavy atom. The van der Waals surface area contributed by atoms with Gasteiger partial charge in [0, 0.05) is 28.1 Å². The molecule has 0 saturated heterocycles. The summed E-state index contributed by atoms with van der Waals surface area (Å²) in [5, 5.41) is 0.937. The van der Waals surface area contributed by atoms with E-state index in [0.717, 1.165) is 10.7 Å². The van der Waals surface area contributed by atoms with E-state index in [1.54, 1.807) is 9.64 Å². The van der Waals surface area contributed by atoms with Crippen LogP contribution in [-0.2, 0) is 0 Å². The summed E-state index contributed by atoms with van der Waals surface area (Å²) in [6, 6.07) is 0. The van der Waals surface area contributed by atoms with Crippen LogP contribution in [0.3, 0.4) is 0 Å². The van der Waals surface area contributed by atoms with Gasteiger partial charge in [-0.3, -0.25) is 5.43 Å². The van der Waals surface area contributed by atoms with Crippen LogP contribution in [-0.4, -0.2) is 13.4 Å². The third kappa shape index (κ3) is 0.979. The van der Waals surface area contributed by atoms with Gasteiger partial charge >= 0.3 is 0 Å². The fourth-order valence-electron chi connectivity index (χ4n) is 0.661. The minimum Gasteiger partial charge on any atom is -0.295 e. The number of fused-ring (bicyclic) bond motifs is 1. The maximum Gasteiger partial charge on any atom is 0.142 e. The molecule has 0 unspecified atom stereocenters. The number of hydrogen-bond donors (Lipinski definition) is 1. The van der Waals surface area contributed by atoms with Crippen molar-refractivity contribution in [3.63, 3.8) is 0 Å². The number of rotatable bonds is 0. The molecule has 1 N–H and O–H groups in total. The van der Waals surface area contributed by atoms with Gasteiger partial charge in [-0.2, -0.15) is 0 Å². The Balaban J connectivity index is 2.42. The second kappa shape index (κ2) is 2.37. The summed E-state index contributed by atoms with van der Waals surface area (Å²) in [5.74, 6) is 0. The maximum absolute atomic E-state index is 4.03. The van der Waals surface area contributed by atoms with Crippen LogP contribution in [0.25, 0.3) is 0 Å². The Labute approximate surface area is 70.5 Å². The van der Waals surface area contributed by atoms with Crippen molar-refractivity contribution < 1.29 is 0 Å². The maximum atomic E-state index is 4.03. The first-order valence-corrected chi connectivity index (χ1v) is 4.05. The zero-order valence-corrected chi connectivity index (χ0v) is 7.19. The molecule has 0 bridgehead atoms. The third-order valence-electron chi connectivity index (χ3n) is 1.05. The van der Waals surface area contributed by atoms with Crippen LogP contribution < -0.4 is 5.43 Å². The van der Waals surface area contributed by atoms with Crippen LogP contribution in [0.15, 0.2) is 17.6 Å². The molecule has 0 spiro atoms. The quantitative estimate of drug-likeness (QED) is 0.406. The van der Waals surface area contributed by atoms with Gasteiger partial charge < -0.3 is 0 Å². The van der Waals surface area contributed by atoms with Gasteiger partial charge in [0.2, 0.25) is 0 Å². The van der Waals surface area contributed by atoms with E-state index in [2.05, 4.69) is 31.5 Å². The fourth-order valence-corrected chi connectivity index (χ4v) is 1.85. The Morgan fingerprint density at radius 2 is 2.60 bits per heavy atom. The lowest BCUT2D eigenvalue weighted by Gasteiger charge is -1.99. The van der Waals surface area contributed by atoms with Crippen LogP contribution in [0.2, 0.25) is 0 Å². The smallest absolute Gasteiger partial charge is 0.142 e. The van der Waals surface area contributed by atoms with Crippen molar-refractivity contribution in [1.82, 2.24) is 13.4 Å². The van der Waals surface area contributed by atoms with Crippen molar-refractivity contribution in [3.8, 4) is 0 Å². The van der Waals surface area contributed by atoms with E-state index in [-0.39, 0.29) is 0 Å². The normalized spacial score (nSPS) is 16.5. The average molecular weight is 219 g/mol. The minimum absolute atomic E-state index is 0.935. The van der Waals surface area contributed by atoms with Gasteiger partial charge in [-0.15, -0.1) is 0 Å². The Bertz CT molecular complexity index is 230. The highest BCUT2D eigenvalue weighted by Gasteiger charge is 2.17. The van der Waals surface area contributed by atoms with Crippen LogP contribution in [0, 0.1) is 0 Å². The zero-order chi connectivity index (χ0) is 6.97. The van der Waals surface area contributed by atoms with Crippen molar-refractivity contribution in [2.24, 2.45) is 0 Å². The Kier molecular flexibility index (Phi) is 1.51. The molecule has 10 heavy (non-hydrogen) atoms. The number of halogens is 1. The molecule has 1 aliphatic rings. The number of aromatic nitrogens is 2. The molecule has 4 nitrogen and oxygen atoms in total. The zero-order valence-electron chi connectivity index (χ0n) is 4.78. The molecular weight excluding hydrogens is 216 g/mol. The molecule has 6 heteroatoms. The lowest BCUT2D eigenvalue weighted by atomic mass is 10.6. The summed E-state index contributed by atoms with van der Waals surface area (Å²) in [7, 11) is 0. The molecule has 0 radical (unpaired) electrons. The first kappa shape index (κ1) is 6.38. The number of anilines is 1. The number of nitrogens with one attached hydrogen (secondary N) is 1. The molecule has 1 aromatic heterocycles. The molecule has 52 valence electrons. The topological polar surface area (TPSA) is 41.0 Å². The van der Waals surface area contributed by atoms with Crippen LogP contribution in [0.5, 0.6) is 0 Å². The lowest BCUT2D eigenvalue weighted by molar-refractivity contribution is 0.958. The van der Waals surface area contributed by atoms with Gasteiger partial charge in [-0.25, -0.2) is 9.97 Å². The molecule has 1 aromatic rings. The summed E-state index contributed by atoms with van der Waals surface area (Å²) in [6.45, 7) is 0. The van der Waals surface area contributed by atoms with E-state index >= 15 is 0 Å². The van der Waals surface area contributed by atoms with Crippen LogP contribution >= 0.6 is 28.1 Å². The second-order valence-corrected chi connectivity index (χ2v) is 3.80. The third-order valence-corrected chi connectivity index (χ3v) is 2.41. The number of nitrogens with zero attached hydrogens (tertiary/aromatic N) is 3. The summed E-state index contributed by atoms with van der Waals surface area (Å²) in [6.07, 6.45) is 3.26. The molecule has 0 amide bonds. The van der Waals surface area contributed by atoms with Crippen LogP contribution in [0.1, 0.15) is 0 Å². The van der Waals surface area contributed by atoms with E-state index in [1.165, 1.54) is 18.3 Å². The number of hydrogen-bond acceptors (Lipinski definition) is 5. The predicted octanol–water partition coefficient (Wildman–Crippen LogP) is 1.44. The summed E-state index contributed by atoms with van der Waals surface area (Å²) < 4.78 is 1.70. The van der Waals surface area contributed by atoms with E-state index in [4.69, 9.17) is 0 Å². The predicted molar refractivity (Wildman–Crippen MR) is 42.3 cm³/mol. The van der Waals surface area contributed by atoms with Crippen LogP contribution in [0.4, 0.5) is 5.69 Å². The highest BCUT2D eigenvalue weighted by Crippen LogP contribution is 2.36. The molecule has 0 atom stereocenters. The summed E-state index contributed by atoms with van der Waals surface area (Å²) >= 11 is 4.72. The SMILES string of the molecule is BrN1Nc2cncnc2S1. The van der Waals surface area contributed by atoms with Crippen molar-refractivity contribution >= 4 is 33.8 Å². The van der Waals surface area contributed by atoms with Gasteiger partial charge in [-0.1, -0.05) is 3.44 Å². The molecule has 0 fully saturated rings. The summed E-state index contributed by atoms with van der Waals surface area (Å²) in [5.41, 5.74) is 3.92. The number of hydrazine groups is 1. The monoisotopic (exact) mass is 218 g/mol. The molecule has 0 aromatic carbocycles. The second-order valence-electron chi connectivity index (χ2n) is 1.69. The van der Waals surface area contributed by atoms with Crippen molar-refractivity contribution in [2.75, 3.05) is 5.43 Å².